The molecule has 0 spiro atoms. The third kappa shape index (κ3) is 3.72. The predicted molar refractivity (Wildman–Crippen MR) is 70.8 cm³/mol. The Kier molecular flexibility index (Phi) is 4.56. The Hall–Kier alpha value is -2.55. The minimum Gasteiger partial charge on any atom is -0.482 e. The van der Waals surface area contributed by atoms with E-state index in [-0.39, 0.29) is 24.5 Å². The molecule has 0 aliphatic carbocycles. The van der Waals surface area contributed by atoms with E-state index in [0.717, 1.165) is 6.42 Å². The summed E-state index contributed by atoms with van der Waals surface area (Å²) >= 11 is 0. The Labute approximate surface area is 116 Å². The van der Waals surface area contributed by atoms with E-state index in [0.29, 0.717) is 24.3 Å². The first kappa shape index (κ1) is 13.9. The van der Waals surface area contributed by atoms with Crippen LogP contribution in [0.2, 0.25) is 0 Å². The zero-order valence-electron chi connectivity index (χ0n) is 10.9. The van der Waals surface area contributed by atoms with E-state index in [1.807, 2.05) is 6.07 Å². The molecule has 6 heteroatoms. The molecule has 104 valence electrons. The molecule has 0 aromatic heterocycles. The van der Waals surface area contributed by atoms with Crippen molar-refractivity contribution >= 4 is 11.8 Å². The SMILES string of the molecule is N#Cc1ccccc1OCC(=O)NCC1CCC(=O)N1. The van der Waals surface area contributed by atoms with E-state index in [9.17, 15) is 9.59 Å². The van der Waals surface area contributed by atoms with Gasteiger partial charge >= 0.3 is 0 Å². The van der Waals surface area contributed by atoms with Crippen molar-refractivity contribution in [1.29, 1.82) is 5.26 Å². The minimum atomic E-state index is -0.279. The molecule has 0 radical (unpaired) electrons. The van der Waals surface area contributed by atoms with Gasteiger partial charge in [-0.25, -0.2) is 0 Å². The van der Waals surface area contributed by atoms with Gasteiger partial charge in [0.25, 0.3) is 5.91 Å². The summed E-state index contributed by atoms with van der Waals surface area (Å²) in [7, 11) is 0. The Morgan fingerprint density at radius 2 is 2.30 bits per heavy atom. The van der Waals surface area contributed by atoms with Crippen molar-refractivity contribution in [3.8, 4) is 11.8 Å². The van der Waals surface area contributed by atoms with E-state index in [4.69, 9.17) is 10.00 Å². The molecule has 1 aromatic rings. The summed E-state index contributed by atoms with van der Waals surface area (Å²) in [5.74, 6) is 0.127. The number of hydrogen-bond donors (Lipinski definition) is 2. The van der Waals surface area contributed by atoms with Crippen molar-refractivity contribution < 1.29 is 14.3 Å². The number of para-hydroxylation sites is 1. The van der Waals surface area contributed by atoms with Crippen LogP contribution in [0.3, 0.4) is 0 Å². The normalized spacial score (nSPS) is 17.1. The van der Waals surface area contributed by atoms with Crippen molar-refractivity contribution in [2.24, 2.45) is 0 Å². The molecule has 1 aliphatic heterocycles. The van der Waals surface area contributed by atoms with Gasteiger partial charge < -0.3 is 15.4 Å². The van der Waals surface area contributed by atoms with E-state index in [1.54, 1.807) is 24.3 Å². The standard InChI is InChI=1S/C14H15N3O3/c15-7-10-3-1-2-4-12(10)20-9-14(19)16-8-11-5-6-13(18)17-11/h1-4,11H,5-6,8-9H2,(H,16,19)(H,17,18). The zero-order chi connectivity index (χ0) is 14.4. The van der Waals surface area contributed by atoms with Crippen LogP contribution in [0.5, 0.6) is 5.75 Å². The van der Waals surface area contributed by atoms with Gasteiger partial charge in [-0.3, -0.25) is 9.59 Å². The molecule has 1 aromatic carbocycles. The highest BCUT2D eigenvalue weighted by atomic mass is 16.5. The third-order valence-corrected chi connectivity index (χ3v) is 3.00. The van der Waals surface area contributed by atoms with Gasteiger partial charge in [0.2, 0.25) is 5.91 Å². The summed E-state index contributed by atoms with van der Waals surface area (Å²) in [4.78, 5) is 22.6. The molecule has 1 fully saturated rings. The van der Waals surface area contributed by atoms with Crippen molar-refractivity contribution in [3.05, 3.63) is 29.8 Å². The average Bonchev–Trinajstić information content (AvgIpc) is 2.89. The van der Waals surface area contributed by atoms with E-state index in [2.05, 4.69) is 10.6 Å². The second kappa shape index (κ2) is 6.57. The first-order valence-electron chi connectivity index (χ1n) is 6.37. The molecule has 1 atom stereocenters. The Balaban J connectivity index is 1.75. The van der Waals surface area contributed by atoms with E-state index >= 15 is 0 Å². The number of carbonyl (C=O) groups is 2. The molecule has 20 heavy (non-hydrogen) atoms. The van der Waals surface area contributed by atoms with Gasteiger partial charge in [0.05, 0.1) is 5.56 Å². The van der Waals surface area contributed by atoms with Crippen LogP contribution in [0, 0.1) is 11.3 Å². The van der Waals surface area contributed by atoms with Crippen LogP contribution in [-0.2, 0) is 9.59 Å². The summed E-state index contributed by atoms with van der Waals surface area (Å²) in [5.41, 5.74) is 0.392. The molecule has 2 rings (SSSR count). The number of nitrogens with zero attached hydrogens (tertiary/aromatic N) is 1. The number of amides is 2. The number of nitriles is 1. The Bertz CT molecular complexity index is 551. The van der Waals surface area contributed by atoms with Gasteiger partial charge in [0, 0.05) is 19.0 Å². The molecule has 1 saturated heterocycles. The lowest BCUT2D eigenvalue weighted by atomic mass is 10.2. The molecular weight excluding hydrogens is 258 g/mol. The fraction of sp³-hybridized carbons (Fsp3) is 0.357. The fourth-order valence-corrected chi connectivity index (χ4v) is 1.95. The summed E-state index contributed by atoms with van der Waals surface area (Å²) < 4.78 is 5.30. The van der Waals surface area contributed by atoms with E-state index < -0.39 is 0 Å². The van der Waals surface area contributed by atoms with Gasteiger partial charge in [-0.1, -0.05) is 12.1 Å². The van der Waals surface area contributed by atoms with Crippen LogP contribution in [0.25, 0.3) is 0 Å². The third-order valence-electron chi connectivity index (χ3n) is 3.00. The summed E-state index contributed by atoms with van der Waals surface area (Å²) in [6, 6.07) is 8.73. The average molecular weight is 273 g/mol. The number of ether oxygens (including phenoxy) is 1. The lowest BCUT2D eigenvalue weighted by Gasteiger charge is -2.12. The van der Waals surface area contributed by atoms with Crippen LogP contribution in [0.15, 0.2) is 24.3 Å². The predicted octanol–water partition coefficient (Wildman–Crippen LogP) is 0.332. The molecule has 0 saturated carbocycles. The smallest absolute Gasteiger partial charge is 0.258 e. The van der Waals surface area contributed by atoms with Crippen LogP contribution in [0.1, 0.15) is 18.4 Å². The van der Waals surface area contributed by atoms with Gasteiger partial charge in [-0.15, -0.1) is 0 Å². The number of rotatable bonds is 5. The molecule has 6 nitrogen and oxygen atoms in total. The van der Waals surface area contributed by atoms with Crippen molar-refractivity contribution in [3.63, 3.8) is 0 Å². The van der Waals surface area contributed by atoms with Gasteiger partial charge in [0.1, 0.15) is 11.8 Å². The topological polar surface area (TPSA) is 91.2 Å². The first-order valence-corrected chi connectivity index (χ1v) is 6.37. The highest BCUT2D eigenvalue weighted by Gasteiger charge is 2.20. The fourth-order valence-electron chi connectivity index (χ4n) is 1.95. The number of nitrogens with one attached hydrogen (secondary N) is 2. The van der Waals surface area contributed by atoms with Gasteiger partial charge in [0.15, 0.2) is 6.61 Å². The van der Waals surface area contributed by atoms with Gasteiger partial charge in [-0.2, -0.15) is 5.26 Å². The van der Waals surface area contributed by atoms with Crippen LogP contribution in [0.4, 0.5) is 0 Å². The Morgan fingerprint density at radius 3 is 3.00 bits per heavy atom. The summed E-state index contributed by atoms with van der Waals surface area (Å²) in [5, 5.41) is 14.3. The minimum absolute atomic E-state index is 0.00200. The molecule has 1 aliphatic rings. The maximum Gasteiger partial charge on any atom is 0.258 e. The van der Waals surface area contributed by atoms with Crippen molar-refractivity contribution in [2.45, 2.75) is 18.9 Å². The number of hydrogen-bond acceptors (Lipinski definition) is 4. The van der Waals surface area contributed by atoms with Crippen LogP contribution >= 0.6 is 0 Å². The highest BCUT2D eigenvalue weighted by molar-refractivity contribution is 5.79. The highest BCUT2D eigenvalue weighted by Crippen LogP contribution is 2.16. The van der Waals surface area contributed by atoms with Crippen molar-refractivity contribution in [1.82, 2.24) is 10.6 Å². The molecule has 0 bridgehead atoms. The summed E-state index contributed by atoms with van der Waals surface area (Å²) in [6.07, 6.45) is 1.24. The molecule has 1 unspecified atom stereocenters. The molecular formula is C14H15N3O3. The Morgan fingerprint density at radius 1 is 1.50 bits per heavy atom. The van der Waals surface area contributed by atoms with Crippen molar-refractivity contribution in [2.75, 3.05) is 13.2 Å². The number of benzene rings is 1. The summed E-state index contributed by atoms with van der Waals surface area (Å²) in [6.45, 7) is 0.243. The second-order valence-electron chi connectivity index (χ2n) is 4.50. The molecule has 1 heterocycles. The van der Waals surface area contributed by atoms with Crippen LogP contribution in [-0.4, -0.2) is 31.0 Å². The number of carbonyl (C=O) groups excluding carboxylic acids is 2. The quantitative estimate of drug-likeness (QED) is 0.809. The second-order valence-corrected chi connectivity index (χ2v) is 4.50. The van der Waals surface area contributed by atoms with E-state index in [1.165, 1.54) is 0 Å². The maximum absolute atomic E-state index is 11.6. The first-order chi connectivity index (χ1) is 9.69. The van der Waals surface area contributed by atoms with Crippen LogP contribution < -0.4 is 15.4 Å². The molecule has 2 N–H and O–H groups in total. The lowest BCUT2D eigenvalue weighted by Crippen LogP contribution is -2.40. The largest absolute Gasteiger partial charge is 0.482 e. The maximum atomic E-state index is 11.6. The monoisotopic (exact) mass is 273 g/mol. The zero-order valence-corrected chi connectivity index (χ0v) is 10.9. The lowest BCUT2D eigenvalue weighted by molar-refractivity contribution is -0.123. The molecule has 2 amide bonds. The van der Waals surface area contributed by atoms with Gasteiger partial charge in [-0.05, 0) is 18.6 Å².